The van der Waals surface area contributed by atoms with Crippen LogP contribution in [0.25, 0.3) is 0 Å². The van der Waals surface area contributed by atoms with Crippen molar-refractivity contribution in [2.75, 3.05) is 20.2 Å². The van der Waals surface area contributed by atoms with Crippen LogP contribution in [-0.4, -0.2) is 42.2 Å². The summed E-state index contributed by atoms with van der Waals surface area (Å²) in [7, 11) is 1.71. The Kier molecular flexibility index (Phi) is 3.09. The molecule has 0 spiro atoms. The van der Waals surface area contributed by atoms with E-state index in [0.29, 0.717) is 0 Å². The average molecular weight is 174 g/mol. The highest BCUT2D eigenvalue weighted by atomic mass is 16.5. The first-order chi connectivity index (χ1) is 5.67. The summed E-state index contributed by atoms with van der Waals surface area (Å²) in [5.41, 5.74) is 0. The monoisotopic (exact) mass is 174 g/mol. The van der Waals surface area contributed by atoms with Gasteiger partial charge in [-0.05, 0) is 6.92 Å². The van der Waals surface area contributed by atoms with Crippen LogP contribution in [0.2, 0.25) is 0 Å². The predicted octanol–water partition coefficient (Wildman–Crippen LogP) is 0.928. The Hall–Kier alpha value is -0.120. The van der Waals surface area contributed by atoms with Gasteiger partial charge in [-0.25, -0.2) is 0 Å². The third-order valence-corrected chi connectivity index (χ3v) is 3.28. The molecular weight excluding hydrogens is 154 g/mol. The summed E-state index contributed by atoms with van der Waals surface area (Å²) in [6.07, 6.45) is 1.93. The third kappa shape index (κ3) is 1.37. The summed E-state index contributed by atoms with van der Waals surface area (Å²) in [4.78, 5) is 0. The van der Waals surface area contributed by atoms with Crippen LogP contribution in [0.1, 0.15) is 26.7 Å². The van der Waals surface area contributed by atoms with Crippen molar-refractivity contribution in [3.63, 3.8) is 0 Å². The standard InChI is InChI=1S/C9H20NO2/c1-4-10(8(2)12-3)7-5-6-9(10)11/h8-9,11H,4-7H2,1-3H3/q+1. The van der Waals surface area contributed by atoms with E-state index >= 15 is 0 Å². The van der Waals surface area contributed by atoms with Crippen LogP contribution in [0.3, 0.4) is 0 Å². The van der Waals surface area contributed by atoms with Gasteiger partial charge in [0.2, 0.25) is 0 Å². The van der Waals surface area contributed by atoms with Crippen LogP contribution in [0.15, 0.2) is 0 Å². The van der Waals surface area contributed by atoms with Crippen molar-refractivity contribution in [3.05, 3.63) is 0 Å². The second-order valence-electron chi connectivity index (χ2n) is 3.60. The van der Waals surface area contributed by atoms with Gasteiger partial charge in [0.15, 0.2) is 12.5 Å². The Morgan fingerprint density at radius 3 is 2.67 bits per heavy atom. The Bertz CT molecular complexity index is 151. The summed E-state index contributed by atoms with van der Waals surface area (Å²) in [6.45, 7) is 6.16. The normalized spacial score (nSPS) is 38.5. The molecule has 0 aliphatic carbocycles. The summed E-state index contributed by atoms with van der Waals surface area (Å²) < 4.78 is 6.03. The van der Waals surface area contributed by atoms with Gasteiger partial charge in [0.25, 0.3) is 0 Å². The van der Waals surface area contributed by atoms with Gasteiger partial charge in [-0.1, -0.05) is 0 Å². The molecule has 1 heterocycles. The highest BCUT2D eigenvalue weighted by Crippen LogP contribution is 2.28. The first-order valence-electron chi connectivity index (χ1n) is 4.74. The molecule has 3 nitrogen and oxygen atoms in total. The number of hydrogen-bond acceptors (Lipinski definition) is 2. The van der Waals surface area contributed by atoms with Crippen molar-refractivity contribution in [2.24, 2.45) is 0 Å². The molecule has 3 unspecified atom stereocenters. The van der Waals surface area contributed by atoms with Crippen molar-refractivity contribution >= 4 is 0 Å². The molecule has 12 heavy (non-hydrogen) atoms. The number of quaternary nitrogens is 1. The van der Waals surface area contributed by atoms with Crippen molar-refractivity contribution in [2.45, 2.75) is 39.1 Å². The predicted molar refractivity (Wildman–Crippen MR) is 47.4 cm³/mol. The number of nitrogens with zero attached hydrogens (tertiary/aromatic N) is 1. The smallest absolute Gasteiger partial charge is 0.192 e. The number of likely N-dealkylation sites (tertiary alicyclic amines) is 1. The molecule has 0 amide bonds. The van der Waals surface area contributed by atoms with Crippen molar-refractivity contribution < 1.29 is 14.3 Å². The maximum Gasteiger partial charge on any atom is 0.192 e. The molecule has 1 aliphatic rings. The molecule has 0 aromatic rings. The number of methoxy groups -OCH3 is 1. The van der Waals surface area contributed by atoms with E-state index in [1.807, 2.05) is 6.92 Å². The minimum atomic E-state index is -0.218. The molecule has 0 saturated carbocycles. The summed E-state index contributed by atoms with van der Waals surface area (Å²) in [5, 5.41) is 9.83. The second-order valence-corrected chi connectivity index (χ2v) is 3.60. The highest BCUT2D eigenvalue weighted by molar-refractivity contribution is 4.59. The molecule has 1 rings (SSSR count). The number of aliphatic hydroxyl groups is 1. The summed E-state index contributed by atoms with van der Waals surface area (Å²) in [6, 6.07) is 0. The molecule has 0 aromatic heterocycles. The molecule has 0 aromatic carbocycles. The third-order valence-electron chi connectivity index (χ3n) is 3.28. The largest absolute Gasteiger partial charge is 0.345 e. The lowest BCUT2D eigenvalue weighted by Gasteiger charge is -2.40. The highest BCUT2D eigenvalue weighted by Gasteiger charge is 2.43. The van der Waals surface area contributed by atoms with Crippen LogP contribution in [0.4, 0.5) is 0 Å². The SMILES string of the molecule is CC[N+]1(C(C)OC)CCCC1O. The fourth-order valence-electron chi connectivity index (χ4n) is 2.23. The Labute approximate surface area is 74.5 Å². The maximum atomic E-state index is 9.83. The van der Waals surface area contributed by atoms with E-state index in [0.717, 1.165) is 30.4 Å². The lowest BCUT2D eigenvalue weighted by molar-refractivity contribution is -0.995. The van der Waals surface area contributed by atoms with Crippen LogP contribution in [0.5, 0.6) is 0 Å². The zero-order valence-corrected chi connectivity index (χ0v) is 8.29. The van der Waals surface area contributed by atoms with Crippen LogP contribution >= 0.6 is 0 Å². The summed E-state index contributed by atoms with van der Waals surface area (Å²) >= 11 is 0. The van der Waals surface area contributed by atoms with E-state index < -0.39 is 0 Å². The van der Waals surface area contributed by atoms with E-state index in [4.69, 9.17) is 4.74 Å². The van der Waals surface area contributed by atoms with Gasteiger partial charge >= 0.3 is 0 Å². The Balaban J connectivity index is 2.73. The molecule has 3 atom stereocenters. The molecule has 3 heteroatoms. The average Bonchev–Trinajstić information content (AvgIpc) is 2.46. The molecule has 1 saturated heterocycles. The van der Waals surface area contributed by atoms with Crippen LogP contribution < -0.4 is 0 Å². The zero-order valence-electron chi connectivity index (χ0n) is 8.29. The maximum absolute atomic E-state index is 9.83. The van der Waals surface area contributed by atoms with Gasteiger partial charge < -0.3 is 9.84 Å². The molecule has 72 valence electrons. The molecule has 1 fully saturated rings. The topological polar surface area (TPSA) is 29.5 Å². The number of hydrogen-bond donors (Lipinski definition) is 1. The van der Waals surface area contributed by atoms with E-state index in [-0.39, 0.29) is 12.5 Å². The first kappa shape index (κ1) is 9.96. The molecule has 0 bridgehead atoms. The fourth-order valence-corrected chi connectivity index (χ4v) is 2.23. The van der Waals surface area contributed by atoms with Crippen LogP contribution in [-0.2, 0) is 4.74 Å². The van der Waals surface area contributed by atoms with Gasteiger partial charge in [0.1, 0.15) is 0 Å². The molecule has 1 N–H and O–H groups in total. The van der Waals surface area contributed by atoms with Gasteiger partial charge in [-0.15, -0.1) is 0 Å². The minimum absolute atomic E-state index is 0.118. The van der Waals surface area contributed by atoms with E-state index in [1.165, 1.54) is 0 Å². The number of aliphatic hydroxyl groups excluding tert-OH is 1. The van der Waals surface area contributed by atoms with Gasteiger partial charge in [-0.3, -0.25) is 4.48 Å². The van der Waals surface area contributed by atoms with E-state index in [9.17, 15) is 5.11 Å². The fraction of sp³-hybridized carbons (Fsp3) is 1.00. The Morgan fingerprint density at radius 1 is 1.67 bits per heavy atom. The van der Waals surface area contributed by atoms with Gasteiger partial charge in [0.05, 0.1) is 13.1 Å². The molecule has 1 aliphatic heterocycles. The minimum Gasteiger partial charge on any atom is -0.345 e. The first-order valence-corrected chi connectivity index (χ1v) is 4.74. The molecular formula is C9H20NO2+. The lowest BCUT2D eigenvalue weighted by atomic mass is 10.3. The lowest BCUT2D eigenvalue weighted by Crippen LogP contribution is -2.57. The zero-order chi connectivity index (χ0) is 9.19. The Morgan fingerprint density at radius 2 is 2.33 bits per heavy atom. The van der Waals surface area contributed by atoms with E-state index in [2.05, 4.69) is 6.92 Å². The number of ether oxygens (including phenoxy) is 1. The summed E-state index contributed by atoms with van der Waals surface area (Å²) in [5.74, 6) is 0. The van der Waals surface area contributed by atoms with Crippen molar-refractivity contribution in [1.82, 2.24) is 0 Å². The van der Waals surface area contributed by atoms with Gasteiger partial charge in [0, 0.05) is 26.9 Å². The van der Waals surface area contributed by atoms with Crippen molar-refractivity contribution in [3.8, 4) is 0 Å². The van der Waals surface area contributed by atoms with Crippen LogP contribution in [0, 0.1) is 0 Å². The molecule has 0 radical (unpaired) electrons. The second kappa shape index (κ2) is 3.73. The number of rotatable bonds is 3. The quantitative estimate of drug-likeness (QED) is 0.645. The van der Waals surface area contributed by atoms with Gasteiger partial charge in [-0.2, -0.15) is 0 Å². The van der Waals surface area contributed by atoms with E-state index in [1.54, 1.807) is 7.11 Å². The van der Waals surface area contributed by atoms with Crippen molar-refractivity contribution in [1.29, 1.82) is 0 Å².